The zero-order valence-corrected chi connectivity index (χ0v) is 29.1. The zero-order chi connectivity index (χ0) is 32.5. The van der Waals surface area contributed by atoms with Crippen LogP contribution in [0.15, 0.2) is 77.8 Å². The smallest absolute Gasteiger partial charge is 0.162 e. The van der Waals surface area contributed by atoms with Gasteiger partial charge in [-0.2, -0.15) is 0 Å². The van der Waals surface area contributed by atoms with Crippen molar-refractivity contribution in [2.45, 2.75) is 142 Å². The Morgan fingerprint density at radius 3 is 1.52 bits per heavy atom. The number of Topliss-reactive ketones (excluding diaryl/α,β-unsaturated/α-hetero) is 1. The molecule has 3 nitrogen and oxygen atoms in total. The van der Waals surface area contributed by atoms with Crippen LogP contribution in [0, 0.1) is 0 Å². The van der Waals surface area contributed by atoms with Gasteiger partial charge in [-0.3, -0.25) is 9.79 Å². The molecule has 0 aliphatic heterocycles. The third-order valence-corrected chi connectivity index (χ3v) is 8.92. The lowest BCUT2D eigenvalue weighted by atomic mass is 9.99. The summed E-state index contributed by atoms with van der Waals surface area (Å²) >= 11 is 0. The molecule has 0 atom stereocenters. The van der Waals surface area contributed by atoms with E-state index in [2.05, 4.69) is 43.1 Å². The second-order valence-corrected chi connectivity index (χ2v) is 13.0. The van der Waals surface area contributed by atoms with E-state index in [0.29, 0.717) is 6.42 Å². The predicted octanol–water partition coefficient (Wildman–Crippen LogP) is 13.5. The fourth-order valence-electron chi connectivity index (χ4n) is 5.91. The van der Waals surface area contributed by atoms with Crippen LogP contribution in [-0.2, 0) is 0 Å². The van der Waals surface area contributed by atoms with E-state index >= 15 is 0 Å². The summed E-state index contributed by atoms with van der Waals surface area (Å²) in [6.45, 7) is 5.28. The molecule has 3 aromatic rings. The van der Waals surface area contributed by atoms with Crippen molar-refractivity contribution in [1.29, 1.82) is 0 Å². The Kier molecular flexibility index (Phi) is 19.5. The van der Waals surface area contributed by atoms with Gasteiger partial charge in [-0.15, -0.1) is 0 Å². The lowest BCUT2D eigenvalue weighted by Crippen LogP contribution is -1.98. The van der Waals surface area contributed by atoms with Gasteiger partial charge in [0.25, 0.3) is 0 Å². The van der Waals surface area contributed by atoms with Gasteiger partial charge >= 0.3 is 0 Å². The number of unbranched alkanes of at least 4 members (excludes halogenated alkanes) is 17. The van der Waals surface area contributed by atoms with Crippen LogP contribution < -0.4 is 4.74 Å². The second-order valence-electron chi connectivity index (χ2n) is 13.0. The van der Waals surface area contributed by atoms with Crippen LogP contribution in [0.2, 0.25) is 0 Å². The van der Waals surface area contributed by atoms with Crippen molar-refractivity contribution in [2.24, 2.45) is 4.99 Å². The summed E-state index contributed by atoms with van der Waals surface area (Å²) in [5, 5.41) is 0. The maximum Gasteiger partial charge on any atom is 0.162 e. The van der Waals surface area contributed by atoms with Gasteiger partial charge in [-0.1, -0.05) is 159 Å². The van der Waals surface area contributed by atoms with Crippen molar-refractivity contribution >= 4 is 17.7 Å². The van der Waals surface area contributed by atoms with Gasteiger partial charge in [0.15, 0.2) is 5.78 Å². The van der Waals surface area contributed by atoms with Crippen LogP contribution in [0.4, 0.5) is 5.69 Å². The molecule has 3 aromatic carbocycles. The number of hydrogen-bond acceptors (Lipinski definition) is 3. The Bertz CT molecular complexity index is 1210. The summed E-state index contributed by atoms with van der Waals surface area (Å²) in [5.74, 6) is 1.17. The van der Waals surface area contributed by atoms with Crippen molar-refractivity contribution < 1.29 is 9.53 Å². The molecule has 250 valence electrons. The first kappa shape index (κ1) is 37.3. The molecule has 0 unspecified atom stereocenters. The molecule has 0 aromatic heterocycles. The van der Waals surface area contributed by atoms with E-state index < -0.39 is 0 Å². The number of ether oxygens (including phenoxy) is 1. The number of nitrogens with zero attached hydrogens (tertiary/aromatic N) is 1. The molecule has 46 heavy (non-hydrogen) atoms. The maximum atomic E-state index is 12.7. The summed E-state index contributed by atoms with van der Waals surface area (Å²) in [7, 11) is 0. The number of rotatable bonds is 26. The molecule has 0 aliphatic carbocycles. The SMILES string of the molecule is CCCCCCCCCCCCCCCCCC(=O)c1ccc(-c2ccc(N=Cc3ccc(OCCCCCC)cc3)cc2)cc1. The Morgan fingerprint density at radius 2 is 1.00 bits per heavy atom. The largest absolute Gasteiger partial charge is 0.494 e. The van der Waals surface area contributed by atoms with E-state index in [1.54, 1.807) is 0 Å². The molecular formula is C43H61NO2. The molecule has 0 N–H and O–H groups in total. The van der Waals surface area contributed by atoms with Crippen LogP contribution in [0.25, 0.3) is 11.1 Å². The number of hydrogen-bond donors (Lipinski definition) is 0. The van der Waals surface area contributed by atoms with E-state index in [1.807, 2.05) is 54.7 Å². The van der Waals surface area contributed by atoms with Gasteiger partial charge in [0.05, 0.1) is 12.3 Å². The monoisotopic (exact) mass is 623 g/mol. The highest BCUT2D eigenvalue weighted by Crippen LogP contribution is 2.24. The van der Waals surface area contributed by atoms with Gasteiger partial charge in [0, 0.05) is 18.2 Å². The number of carbonyl (C=O) groups excluding carboxylic acids is 1. The van der Waals surface area contributed by atoms with Gasteiger partial charge < -0.3 is 4.74 Å². The highest BCUT2D eigenvalue weighted by atomic mass is 16.5. The molecule has 0 spiro atoms. The van der Waals surface area contributed by atoms with Crippen LogP contribution in [0.5, 0.6) is 5.75 Å². The maximum absolute atomic E-state index is 12.7. The highest BCUT2D eigenvalue weighted by Gasteiger charge is 2.07. The van der Waals surface area contributed by atoms with E-state index in [1.165, 1.54) is 103 Å². The lowest BCUT2D eigenvalue weighted by Gasteiger charge is -2.06. The minimum Gasteiger partial charge on any atom is -0.494 e. The Hall–Kier alpha value is -3.20. The Balaban J connectivity index is 1.27. The van der Waals surface area contributed by atoms with Crippen LogP contribution in [0.1, 0.15) is 158 Å². The van der Waals surface area contributed by atoms with Gasteiger partial charge in [0.2, 0.25) is 0 Å². The lowest BCUT2D eigenvalue weighted by molar-refractivity contribution is 0.0979. The van der Waals surface area contributed by atoms with Crippen LogP contribution >= 0.6 is 0 Å². The average molecular weight is 624 g/mol. The third kappa shape index (κ3) is 15.9. The highest BCUT2D eigenvalue weighted by molar-refractivity contribution is 5.96. The molecule has 0 bridgehead atoms. The number of benzene rings is 3. The average Bonchev–Trinajstić information content (AvgIpc) is 3.09. The fourth-order valence-corrected chi connectivity index (χ4v) is 5.91. The molecule has 0 heterocycles. The summed E-state index contributed by atoms with van der Waals surface area (Å²) in [5.41, 5.74) is 5.02. The van der Waals surface area contributed by atoms with Crippen molar-refractivity contribution in [3.8, 4) is 16.9 Å². The first-order chi connectivity index (χ1) is 22.7. The summed E-state index contributed by atoms with van der Waals surface area (Å²) in [4.78, 5) is 17.4. The molecular weight excluding hydrogens is 562 g/mol. The molecule has 0 amide bonds. The second kappa shape index (κ2) is 24.0. The van der Waals surface area contributed by atoms with Crippen LogP contribution in [0.3, 0.4) is 0 Å². The van der Waals surface area contributed by atoms with Gasteiger partial charge in [-0.25, -0.2) is 0 Å². The van der Waals surface area contributed by atoms with Gasteiger partial charge in [0.1, 0.15) is 5.75 Å². The first-order valence-electron chi connectivity index (χ1n) is 18.7. The summed E-state index contributed by atoms with van der Waals surface area (Å²) < 4.78 is 5.84. The minimum absolute atomic E-state index is 0.262. The summed E-state index contributed by atoms with van der Waals surface area (Å²) in [6, 6.07) is 24.5. The quantitative estimate of drug-likeness (QED) is 0.0507. The normalized spacial score (nSPS) is 11.3. The standard InChI is InChI=1S/C43H61NO2/c1-3-5-7-9-10-11-12-13-14-15-16-17-18-19-20-22-43(45)40-27-25-38(26-28-40)39-29-31-41(32-30-39)44-36-37-23-33-42(34-24-37)46-35-21-8-6-4-2/h23-34,36H,3-22,35H2,1-2H3. The number of ketones is 1. The third-order valence-electron chi connectivity index (χ3n) is 8.92. The van der Waals surface area contributed by atoms with Crippen molar-refractivity contribution in [3.05, 3.63) is 83.9 Å². The minimum atomic E-state index is 0.262. The molecule has 0 saturated heterocycles. The molecule has 0 aliphatic rings. The zero-order valence-electron chi connectivity index (χ0n) is 29.1. The van der Waals surface area contributed by atoms with Gasteiger partial charge in [-0.05, 0) is 65.9 Å². The predicted molar refractivity (Wildman–Crippen MR) is 199 cm³/mol. The van der Waals surface area contributed by atoms with E-state index in [9.17, 15) is 4.79 Å². The Labute approximate surface area is 281 Å². The fraction of sp³-hybridized carbons (Fsp3) is 0.535. The summed E-state index contributed by atoms with van der Waals surface area (Å²) in [6.07, 6.45) is 27.5. The number of carbonyl (C=O) groups is 1. The van der Waals surface area contributed by atoms with E-state index in [0.717, 1.165) is 59.6 Å². The van der Waals surface area contributed by atoms with Crippen molar-refractivity contribution in [1.82, 2.24) is 0 Å². The molecule has 3 rings (SSSR count). The molecule has 0 fully saturated rings. The topological polar surface area (TPSA) is 38.7 Å². The van der Waals surface area contributed by atoms with Crippen molar-refractivity contribution in [3.63, 3.8) is 0 Å². The Morgan fingerprint density at radius 1 is 0.543 bits per heavy atom. The van der Waals surface area contributed by atoms with E-state index in [-0.39, 0.29) is 5.78 Å². The van der Waals surface area contributed by atoms with E-state index in [4.69, 9.17) is 4.74 Å². The molecule has 0 saturated carbocycles. The molecule has 0 radical (unpaired) electrons. The first-order valence-corrected chi connectivity index (χ1v) is 18.7. The van der Waals surface area contributed by atoms with Crippen LogP contribution in [-0.4, -0.2) is 18.6 Å². The van der Waals surface area contributed by atoms with Crippen molar-refractivity contribution in [2.75, 3.05) is 6.61 Å². The molecule has 3 heteroatoms. The number of aliphatic imine (C=N–C) groups is 1.